The zero-order valence-electron chi connectivity index (χ0n) is 12.3. The molecule has 0 unspecified atom stereocenters. The average molecular weight is 348 g/mol. The SMILES string of the molecule is O=S(=O)(Cc1ccccc1)OC[C@H](O)c1cc2ccccc2s1. The summed E-state index contributed by atoms with van der Waals surface area (Å²) < 4.78 is 30.0. The molecule has 0 fully saturated rings. The Kier molecular flexibility index (Phi) is 4.77. The van der Waals surface area contributed by atoms with Crippen LogP contribution in [0.2, 0.25) is 0 Å². The standard InChI is InChI=1S/C17H16O4S2/c18-15(17-10-14-8-4-5-9-16(14)22-17)11-21-23(19,20)12-13-6-2-1-3-7-13/h1-10,15,18H,11-12H2/t15-/m0/s1. The van der Waals surface area contributed by atoms with Gasteiger partial charge in [0.1, 0.15) is 11.9 Å². The third-order valence-electron chi connectivity index (χ3n) is 3.36. The van der Waals surface area contributed by atoms with Gasteiger partial charge in [-0.05, 0) is 23.1 Å². The van der Waals surface area contributed by atoms with Crippen molar-refractivity contribution in [2.24, 2.45) is 0 Å². The molecule has 0 saturated carbocycles. The molecule has 1 atom stereocenters. The van der Waals surface area contributed by atoms with E-state index in [2.05, 4.69) is 0 Å². The fraction of sp³-hybridized carbons (Fsp3) is 0.176. The predicted molar refractivity (Wildman–Crippen MR) is 91.8 cm³/mol. The first-order chi connectivity index (χ1) is 11.0. The number of aliphatic hydroxyl groups excluding tert-OH is 1. The fourth-order valence-corrected chi connectivity index (χ4v) is 4.29. The van der Waals surface area contributed by atoms with Crippen LogP contribution >= 0.6 is 11.3 Å². The molecule has 0 bridgehead atoms. The molecule has 2 aromatic carbocycles. The third-order valence-corrected chi connectivity index (χ3v) is 5.76. The van der Waals surface area contributed by atoms with Crippen LogP contribution in [0, 0.1) is 0 Å². The molecular weight excluding hydrogens is 332 g/mol. The predicted octanol–water partition coefficient (Wildman–Crippen LogP) is 3.48. The molecule has 0 amide bonds. The molecule has 0 spiro atoms. The summed E-state index contributed by atoms with van der Waals surface area (Å²) in [4.78, 5) is 0.695. The van der Waals surface area contributed by atoms with E-state index in [0.29, 0.717) is 10.4 Å². The molecule has 23 heavy (non-hydrogen) atoms. The molecule has 1 aromatic heterocycles. The van der Waals surface area contributed by atoms with Crippen LogP contribution in [0.25, 0.3) is 10.1 Å². The third kappa shape index (κ3) is 4.17. The van der Waals surface area contributed by atoms with Crippen molar-refractivity contribution in [3.05, 3.63) is 71.1 Å². The highest BCUT2D eigenvalue weighted by Gasteiger charge is 2.18. The number of thiophene rings is 1. The van der Waals surface area contributed by atoms with Crippen LogP contribution in [-0.2, 0) is 20.1 Å². The monoisotopic (exact) mass is 348 g/mol. The second-order valence-corrected chi connectivity index (χ2v) is 7.93. The van der Waals surface area contributed by atoms with Crippen molar-refractivity contribution in [1.29, 1.82) is 0 Å². The van der Waals surface area contributed by atoms with E-state index in [1.54, 1.807) is 24.3 Å². The van der Waals surface area contributed by atoms with Crippen LogP contribution in [0.3, 0.4) is 0 Å². The van der Waals surface area contributed by atoms with Crippen molar-refractivity contribution in [1.82, 2.24) is 0 Å². The highest BCUT2D eigenvalue weighted by Crippen LogP contribution is 2.30. The Morgan fingerprint density at radius 3 is 2.48 bits per heavy atom. The quantitative estimate of drug-likeness (QED) is 0.693. The molecule has 3 rings (SSSR count). The number of aliphatic hydroxyl groups is 1. The van der Waals surface area contributed by atoms with E-state index in [-0.39, 0.29) is 12.4 Å². The van der Waals surface area contributed by atoms with Gasteiger partial charge in [0.25, 0.3) is 10.1 Å². The molecule has 1 heterocycles. The van der Waals surface area contributed by atoms with Crippen LogP contribution in [-0.4, -0.2) is 20.1 Å². The molecule has 6 heteroatoms. The Morgan fingerprint density at radius 1 is 1.04 bits per heavy atom. The minimum atomic E-state index is -3.72. The van der Waals surface area contributed by atoms with Gasteiger partial charge in [-0.3, -0.25) is 4.18 Å². The van der Waals surface area contributed by atoms with Crippen molar-refractivity contribution >= 4 is 31.5 Å². The van der Waals surface area contributed by atoms with E-state index < -0.39 is 16.2 Å². The minimum Gasteiger partial charge on any atom is -0.385 e. The van der Waals surface area contributed by atoms with Gasteiger partial charge in [0.2, 0.25) is 0 Å². The van der Waals surface area contributed by atoms with Gasteiger partial charge in [0.05, 0.1) is 6.61 Å². The molecule has 0 aliphatic carbocycles. The van der Waals surface area contributed by atoms with E-state index in [9.17, 15) is 13.5 Å². The van der Waals surface area contributed by atoms with E-state index in [0.717, 1.165) is 10.1 Å². The maximum atomic E-state index is 12.0. The van der Waals surface area contributed by atoms with Gasteiger partial charge in [-0.1, -0.05) is 48.5 Å². The Balaban J connectivity index is 1.64. The fourth-order valence-electron chi connectivity index (χ4n) is 2.24. The van der Waals surface area contributed by atoms with Gasteiger partial charge in [-0.25, -0.2) is 0 Å². The lowest BCUT2D eigenvalue weighted by Gasteiger charge is -2.10. The summed E-state index contributed by atoms with van der Waals surface area (Å²) >= 11 is 1.44. The van der Waals surface area contributed by atoms with Crippen LogP contribution in [0.1, 0.15) is 16.5 Å². The smallest absolute Gasteiger partial charge is 0.271 e. The molecule has 0 radical (unpaired) electrons. The van der Waals surface area contributed by atoms with E-state index in [1.165, 1.54) is 11.3 Å². The van der Waals surface area contributed by atoms with Crippen molar-refractivity contribution in [2.45, 2.75) is 11.9 Å². The first-order valence-corrected chi connectivity index (χ1v) is 9.50. The van der Waals surface area contributed by atoms with Crippen LogP contribution in [0.4, 0.5) is 0 Å². The van der Waals surface area contributed by atoms with Crippen LogP contribution < -0.4 is 0 Å². The lowest BCUT2D eigenvalue weighted by molar-refractivity contribution is 0.114. The number of benzene rings is 2. The maximum absolute atomic E-state index is 12.0. The topological polar surface area (TPSA) is 63.6 Å². The summed E-state index contributed by atoms with van der Waals surface area (Å²) in [6.07, 6.45) is -0.960. The van der Waals surface area contributed by atoms with Gasteiger partial charge in [0, 0.05) is 9.58 Å². The first-order valence-electron chi connectivity index (χ1n) is 7.11. The van der Waals surface area contributed by atoms with Gasteiger partial charge in [-0.15, -0.1) is 11.3 Å². The second-order valence-electron chi connectivity index (χ2n) is 5.17. The molecule has 0 aliphatic heterocycles. The Hall–Kier alpha value is -1.73. The van der Waals surface area contributed by atoms with Crippen LogP contribution in [0.15, 0.2) is 60.7 Å². The average Bonchev–Trinajstić information content (AvgIpc) is 2.97. The summed E-state index contributed by atoms with van der Waals surface area (Å²) in [6, 6.07) is 18.4. The van der Waals surface area contributed by atoms with Crippen molar-refractivity contribution in [3.8, 4) is 0 Å². The molecular formula is C17H16O4S2. The molecule has 1 N–H and O–H groups in total. The molecule has 4 nitrogen and oxygen atoms in total. The van der Waals surface area contributed by atoms with E-state index >= 15 is 0 Å². The summed E-state index contributed by atoms with van der Waals surface area (Å²) in [6.45, 7) is -0.276. The normalized spacial score (nSPS) is 13.3. The minimum absolute atomic E-state index is 0.201. The number of fused-ring (bicyclic) bond motifs is 1. The van der Waals surface area contributed by atoms with E-state index in [4.69, 9.17) is 4.18 Å². The zero-order chi connectivity index (χ0) is 16.3. The number of rotatable bonds is 6. The molecule has 120 valence electrons. The Bertz CT molecular complexity index is 852. The second kappa shape index (κ2) is 6.80. The van der Waals surface area contributed by atoms with E-state index in [1.807, 2.05) is 36.4 Å². The molecule has 0 saturated heterocycles. The summed E-state index contributed by atoms with van der Waals surface area (Å²) in [5.74, 6) is -0.201. The Morgan fingerprint density at radius 2 is 1.74 bits per heavy atom. The van der Waals surface area contributed by atoms with Crippen molar-refractivity contribution < 1.29 is 17.7 Å². The van der Waals surface area contributed by atoms with Gasteiger partial charge in [-0.2, -0.15) is 8.42 Å². The summed E-state index contributed by atoms with van der Waals surface area (Å²) in [5, 5.41) is 11.2. The lowest BCUT2D eigenvalue weighted by Crippen LogP contribution is -2.14. The van der Waals surface area contributed by atoms with Crippen molar-refractivity contribution in [2.75, 3.05) is 6.61 Å². The van der Waals surface area contributed by atoms with Gasteiger partial charge < -0.3 is 5.11 Å². The van der Waals surface area contributed by atoms with Crippen molar-refractivity contribution in [3.63, 3.8) is 0 Å². The van der Waals surface area contributed by atoms with Gasteiger partial charge in [0.15, 0.2) is 0 Å². The highest BCUT2D eigenvalue weighted by molar-refractivity contribution is 7.85. The first kappa shape index (κ1) is 16.1. The molecule has 0 aliphatic rings. The van der Waals surface area contributed by atoms with Gasteiger partial charge >= 0.3 is 0 Å². The highest BCUT2D eigenvalue weighted by atomic mass is 32.2. The molecule has 3 aromatic rings. The maximum Gasteiger partial charge on any atom is 0.271 e. The number of hydrogen-bond acceptors (Lipinski definition) is 5. The largest absolute Gasteiger partial charge is 0.385 e. The summed E-state index contributed by atoms with van der Waals surface area (Å²) in [5.41, 5.74) is 0.656. The summed E-state index contributed by atoms with van der Waals surface area (Å²) in [7, 11) is -3.72. The Labute approximate surface area is 139 Å². The number of hydrogen-bond donors (Lipinski definition) is 1. The zero-order valence-corrected chi connectivity index (χ0v) is 13.9. The van der Waals surface area contributed by atoms with Crippen LogP contribution in [0.5, 0.6) is 0 Å². The lowest BCUT2D eigenvalue weighted by atomic mass is 10.2.